The second kappa shape index (κ2) is 4.10. The molecule has 102 valence electrons. The average Bonchev–Trinajstić information content (AvgIpc) is 2.34. The molecule has 0 aromatic rings. The van der Waals surface area contributed by atoms with Gasteiger partial charge in [0.05, 0.1) is 11.5 Å². The van der Waals surface area contributed by atoms with E-state index in [1.807, 2.05) is 0 Å². The van der Waals surface area contributed by atoms with Gasteiger partial charge in [-0.05, 0) is 68.6 Å². The fraction of sp³-hybridized carbons (Fsp3) is 0.750. The van der Waals surface area contributed by atoms with Gasteiger partial charge in [-0.25, -0.2) is 4.79 Å². The van der Waals surface area contributed by atoms with Crippen molar-refractivity contribution in [2.24, 2.45) is 22.7 Å². The maximum absolute atomic E-state index is 10.9. The molecule has 0 amide bonds. The Bertz CT molecular complexity index is 460. The van der Waals surface area contributed by atoms with E-state index in [-0.39, 0.29) is 10.8 Å². The summed E-state index contributed by atoms with van der Waals surface area (Å²) >= 11 is 0. The molecule has 0 heterocycles. The number of hydrogen-bond acceptors (Lipinski definition) is 2. The van der Waals surface area contributed by atoms with Gasteiger partial charge in [-0.3, -0.25) is 0 Å². The Morgan fingerprint density at radius 3 is 2.47 bits per heavy atom. The quantitative estimate of drug-likeness (QED) is 0.786. The summed E-state index contributed by atoms with van der Waals surface area (Å²) in [6.45, 7) is 3.64. The number of hydrogen-bond donors (Lipinski definition) is 1. The van der Waals surface area contributed by atoms with Crippen molar-refractivity contribution in [3.05, 3.63) is 12.2 Å². The van der Waals surface area contributed by atoms with Crippen LogP contribution in [0.2, 0.25) is 0 Å². The molecule has 0 aliphatic heterocycles. The van der Waals surface area contributed by atoms with Crippen LogP contribution < -0.4 is 0 Å². The summed E-state index contributed by atoms with van der Waals surface area (Å²) in [5, 5.41) is 18.5. The minimum absolute atomic E-state index is 0.0887. The highest BCUT2D eigenvalue weighted by Gasteiger charge is 2.57. The molecule has 4 fully saturated rings. The third-order valence-corrected chi connectivity index (χ3v) is 5.68. The zero-order valence-electron chi connectivity index (χ0n) is 11.3. The van der Waals surface area contributed by atoms with Crippen LogP contribution in [0.25, 0.3) is 0 Å². The molecule has 19 heavy (non-hydrogen) atoms. The van der Waals surface area contributed by atoms with Gasteiger partial charge in [0.25, 0.3) is 0 Å². The second-order valence-electron chi connectivity index (χ2n) is 7.26. The monoisotopic (exact) mass is 259 g/mol. The molecule has 4 aliphatic rings. The predicted molar refractivity (Wildman–Crippen MR) is 71.2 cm³/mol. The number of rotatable bonds is 4. The standard InChI is InChI=1S/C16H21NO2/c1-11(14(18)19)2-3-15-5-12-4-13(6-15)8-16(7-12,9-15)10-17/h12-13H,1-9H2,(H,18,19). The van der Waals surface area contributed by atoms with Gasteiger partial charge in [-0.2, -0.15) is 5.26 Å². The number of aliphatic carboxylic acids is 1. The Hall–Kier alpha value is -1.30. The molecule has 3 nitrogen and oxygen atoms in total. The molecular formula is C16H21NO2. The van der Waals surface area contributed by atoms with Gasteiger partial charge < -0.3 is 5.11 Å². The Morgan fingerprint density at radius 2 is 1.95 bits per heavy atom. The second-order valence-corrected chi connectivity index (χ2v) is 7.26. The molecule has 3 heteroatoms. The lowest BCUT2D eigenvalue weighted by molar-refractivity contribution is -0.133. The molecule has 4 saturated carbocycles. The topological polar surface area (TPSA) is 61.1 Å². The highest BCUT2D eigenvalue weighted by molar-refractivity contribution is 5.85. The molecule has 0 radical (unpaired) electrons. The van der Waals surface area contributed by atoms with Crippen molar-refractivity contribution in [2.45, 2.75) is 51.4 Å². The van der Waals surface area contributed by atoms with Crippen LogP contribution in [-0.4, -0.2) is 11.1 Å². The Kier molecular flexibility index (Phi) is 2.74. The van der Waals surface area contributed by atoms with E-state index in [2.05, 4.69) is 12.6 Å². The normalized spacial score (nSPS) is 42.9. The lowest BCUT2D eigenvalue weighted by atomic mass is 9.43. The van der Waals surface area contributed by atoms with Crippen molar-refractivity contribution in [1.29, 1.82) is 5.26 Å². The summed E-state index contributed by atoms with van der Waals surface area (Å²) in [6.07, 6.45) is 8.37. The van der Waals surface area contributed by atoms with Crippen molar-refractivity contribution >= 4 is 5.97 Å². The first-order valence-electron chi connectivity index (χ1n) is 7.28. The minimum atomic E-state index is -0.875. The van der Waals surface area contributed by atoms with Crippen LogP contribution in [0, 0.1) is 34.0 Å². The summed E-state index contributed by atoms with van der Waals surface area (Å²) < 4.78 is 0. The van der Waals surface area contributed by atoms with Crippen LogP contribution in [0.15, 0.2) is 12.2 Å². The fourth-order valence-electron chi connectivity index (χ4n) is 5.40. The number of carboxylic acids is 1. The summed E-state index contributed by atoms with van der Waals surface area (Å²) in [7, 11) is 0. The third kappa shape index (κ3) is 2.08. The van der Waals surface area contributed by atoms with E-state index in [1.165, 1.54) is 19.3 Å². The third-order valence-electron chi connectivity index (χ3n) is 5.68. The Labute approximate surface area is 114 Å². The van der Waals surface area contributed by atoms with Crippen LogP contribution in [0.1, 0.15) is 51.4 Å². The lowest BCUT2D eigenvalue weighted by Crippen LogP contribution is -2.51. The number of nitrogens with zero attached hydrogens (tertiary/aromatic N) is 1. The van der Waals surface area contributed by atoms with E-state index >= 15 is 0 Å². The number of carbonyl (C=O) groups is 1. The first-order chi connectivity index (χ1) is 8.96. The maximum atomic E-state index is 10.9. The molecule has 0 aromatic heterocycles. The molecular weight excluding hydrogens is 238 g/mol. The first-order valence-corrected chi connectivity index (χ1v) is 7.28. The number of nitriles is 1. The van der Waals surface area contributed by atoms with Crippen LogP contribution in [-0.2, 0) is 4.79 Å². The average molecular weight is 259 g/mol. The largest absolute Gasteiger partial charge is 0.478 e. The van der Waals surface area contributed by atoms with Crippen LogP contribution in [0.5, 0.6) is 0 Å². The maximum Gasteiger partial charge on any atom is 0.330 e. The van der Waals surface area contributed by atoms with Crippen LogP contribution >= 0.6 is 0 Å². The first kappa shape index (κ1) is 12.7. The van der Waals surface area contributed by atoms with Gasteiger partial charge in [0, 0.05) is 5.57 Å². The zero-order valence-corrected chi connectivity index (χ0v) is 11.3. The van der Waals surface area contributed by atoms with Crippen LogP contribution in [0.4, 0.5) is 0 Å². The number of carboxylic acid groups (broad SMARTS) is 1. The zero-order chi connectivity index (χ0) is 13.7. The summed E-state index contributed by atoms with van der Waals surface area (Å²) in [5.74, 6) is 0.540. The molecule has 1 N–H and O–H groups in total. The summed E-state index contributed by atoms with van der Waals surface area (Å²) in [6, 6.07) is 2.61. The van der Waals surface area contributed by atoms with Crippen molar-refractivity contribution in [3.8, 4) is 6.07 Å². The molecule has 0 aromatic carbocycles. The lowest BCUT2D eigenvalue weighted by Gasteiger charge is -2.60. The molecule has 0 spiro atoms. The predicted octanol–water partition coefficient (Wildman–Crippen LogP) is 3.52. The van der Waals surface area contributed by atoms with E-state index in [9.17, 15) is 10.1 Å². The Morgan fingerprint density at radius 1 is 1.32 bits per heavy atom. The Balaban J connectivity index is 1.76. The van der Waals surface area contributed by atoms with Crippen molar-refractivity contribution < 1.29 is 9.90 Å². The molecule has 0 saturated heterocycles. The van der Waals surface area contributed by atoms with Crippen molar-refractivity contribution in [3.63, 3.8) is 0 Å². The van der Waals surface area contributed by atoms with Gasteiger partial charge in [-0.1, -0.05) is 6.58 Å². The van der Waals surface area contributed by atoms with Gasteiger partial charge in [0.15, 0.2) is 0 Å². The molecule has 4 aliphatic carbocycles. The van der Waals surface area contributed by atoms with Crippen LogP contribution in [0.3, 0.4) is 0 Å². The summed E-state index contributed by atoms with van der Waals surface area (Å²) in [4.78, 5) is 10.9. The van der Waals surface area contributed by atoms with Gasteiger partial charge in [0.2, 0.25) is 0 Å². The SMILES string of the molecule is C=C(CCC12CC3CC(CC(C#N)(C3)C1)C2)C(=O)O. The van der Waals surface area contributed by atoms with E-state index < -0.39 is 5.97 Å². The highest BCUT2D eigenvalue weighted by atomic mass is 16.4. The van der Waals surface area contributed by atoms with Gasteiger partial charge in [0.1, 0.15) is 0 Å². The van der Waals surface area contributed by atoms with Gasteiger partial charge >= 0.3 is 5.97 Å². The van der Waals surface area contributed by atoms with E-state index in [0.29, 0.717) is 23.8 Å². The highest BCUT2D eigenvalue weighted by Crippen LogP contribution is 2.66. The minimum Gasteiger partial charge on any atom is -0.478 e. The van der Waals surface area contributed by atoms with Crippen molar-refractivity contribution in [1.82, 2.24) is 0 Å². The fourth-order valence-corrected chi connectivity index (χ4v) is 5.40. The molecule has 2 unspecified atom stereocenters. The van der Waals surface area contributed by atoms with E-state index in [0.717, 1.165) is 25.7 Å². The molecule has 2 atom stereocenters. The molecule has 4 rings (SSSR count). The summed E-state index contributed by atoms with van der Waals surface area (Å²) in [5.41, 5.74) is 0.467. The van der Waals surface area contributed by atoms with E-state index in [1.54, 1.807) is 0 Å². The van der Waals surface area contributed by atoms with E-state index in [4.69, 9.17) is 5.11 Å². The smallest absolute Gasteiger partial charge is 0.330 e. The van der Waals surface area contributed by atoms with Crippen molar-refractivity contribution in [2.75, 3.05) is 0 Å². The van der Waals surface area contributed by atoms with Gasteiger partial charge in [-0.15, -0.1) is 0 Å². The molecule has 4 bridgehead atoms.